The van der Waals surface area contributed by atoms with Gasteiger partial charge in [0.05, 0.1) is 11.4 Å². The molecule has 1 unspecified atom stereocenters. The van der Waals surface area contributed by atoms with Crippen molar-refractivity contribution >= 4 is 23.6 Å². The van der Waals surface area contributed by atoms with Crippen LogP contribution in [0.15, 0.2) is 11.4 Å². The van der Waals surface area contributed by atoms with E-state index in [1.807, 2.05) is 17.7 Å². The van der Waals surface area contributed by atoms with Crippen molar-refractivity contribution in [3.8, 4) is 0 Å². The van der Waals surface area contributed by atoms with Gasteiger partial charge in [-0.15, -0.1) is 0 Å². The third-order valence-electron chi connectivity index (χ3n) is 2.69. The predicted octanol–water partition coefficient (Wildman–Crippen LogP) is 0.647. The summed E-state index contributed by atoms with van der Waals surface area (Å²) in [6.07, 6.45) is 3.27. The number of hydrogen-bond donors (Lipinski definition) is 2. The molecule has 2 heterocycles. The van der Waals surface area contributed by atoms with E-state index in [0.717, 1.165) is 12.1 Å². The number of aliphatic carboxylic acids is 1. The monoisotopic (exact) mass is 269 g/mol. The summed E-state index contributed by atoms with van der Waals surface area (Å²) in [5, 5.41) is 12.3. The second-order valence-electron chi connectivity index (χ2n) is 4.30. The van der Waals surface area contributed by atoms with Crippen LogP contribution < -0.4 is 5.32 Å². The number of carbonyl (C=O) groups excluding carboxylic acids is 1. The number of aryl methyl sites for hydroxylation is 1. The average molecular weight is 269 g/mol. The Bertz CT molecular complexity index is 472. The van der Waals surface area contributed by atoms with E-state index >= 15 is 0 Å². The van der Waals surface area contributed by atoms with Gasteiger partial charge in [-0.25, -0.2) is 4.98 Å². The zero-order valence-electron chi connectivity index (χ0n) is 10.0. The molecule has 0 radical (unpaired) electrons. The molecule has 0 spiro atoms. The first-order valence-corrected chi connectivity index (χ1v) is 6.71. The van der Waals surface area contributed by atoms with Gasteiger partial charge in [-0.2, -0.15) is 0 Å². The fourth-order valence-electron chi connectivity index (χ4n) is 1.95. The molecule has 0 bridgehead atoms. The number of carboxylic acid groups (broad SMARTS) is 1. The Balaban J connectivity index is 2.02. The van der Waals surface area contributed by atoms with E-state index in [2.05, 4.69) is 10.3 Å². The summed E-state index contributed by atoms with van der Waals surface area (Å²) in [4.78, 5) is 26.0. The van der Waals surface area contributed by atoms with Crippen LogP contribution in [0.3, 0.4) is 0 Å². The zero-order valence-corrected chi connectivity index (χ0v) is 10.9. The maximum Gasteiger partial charge on any atom is 0.313 e. The van der Waals surface area contributed by atoms with E-state index in [-0.39, 0.29) is 17.7 Å². The Kier molecular flexibility index (Phi) is 3.90. The smallest absolute Gasteiger partial charge is 0.313 e. The molecule has 7 heteroatoms. The third-order valence-corrected chi connectivity index (χ3v) is 3.66. The van der Waals surface area contributed by atoms with Crippen LogP contribution in [0.2, 0.25) is 0 Å². The molecule has 2 N–H and O–H groups in total. The lowest BCUT2D eigenvalue weighted by atomic mass is 10.2. The molecular formula is C11H15N3O3S. The highest BCUT2D eigenvalue weighted by molar-refractivity contribution is 7.99. The maximum absolute atomic E-state index is 11.1. The van der Waals surface area contributed by atoms with Crippen LogP contribution in [0, 0.1) is 6.92 Å². The molecule has 2 rings (SSSR count). The number of rotatable bonds is 5. The van der Waals surface area contributed by atoms with Gasteiger partial charge in [0.2, 0.25) is 5.91 Å². The highest BCUT2D eigenvalue weighted by atomic mass is 32.2. The van der Waals surface area contributed by atoms with Gasteiger partial charge in [0.25, 0.3) is 0 Å². The number of hydrogen-bond acceptors (Lipinski definition) is 4. The number of nitrogens with one attached hydrogen (secondary N) is 1. The van der Waals surface area contributed by atoms with E-state index in [1.165, 1.54) is 11.8 Å². The molecule has 1 fully saturated rings. The van der Waals surface area contributed by atoms with E-state index in [4.69, 9.17) is 5.11 Å². The van der Waals surface area contributed by atoms with Gasteiger partial charge < -0.3 is 15.0 Å². The predicted molar refractivity (Wildman–Crippen MR) is 66.5 cm³/mol. The highest BCUT2D eigenvalue weighted by Crippen LogP contribution is 2.19. The highest BCUT2D eigenvalue weighted by Gasteiger charge is 2.22. The molecule has 6 nitrogen and oxygen atoms in total. The lowest BCUT2D eigenvalue weighted by molar-refractivity contribution is -0.133. The molecule has 1 aromatic rings. The summed E-state index contributed by atoms with van der Waals surface area (Å²) in [6, 6.07) is 0.121. The van der Waals surface area contributed by atoms with Crippen LogP contribution in [-0.2, 0) is 16.1 Å². The molecule has 1 saturated heterocycles. The van der Waals surface area contributed by atoms with Crippen molar-refractivity contribution in [3.63, 3.8) is 0 Å². The minimum atomic E-state index is -0.860. The fraction of sp³-hybridized carbons (Fsp3) is 0.545. The molecular weight excluding hydrogens is 254 g/mol. The van der Waals surface area contributed by atoms with E-state index in [0.29, 0.717) is 18.1 Å². The Hall–Kier alpha value is -1.50. The number of thioether (sulfide) groups is 1. The normalized spacial score (nSPS) is 18.9. The van der Waals surface area contributed by atoms with Gasteiger partial charge in [0, 0.05) is 25.2 Å². The molecule has 1 aliphatic heterocycles. The van der Waals surface area contributed by atoms with Crippen LogP contribution in [0.5, 0.6) is 0 Å². The van der Waals surface area contributed by atoms with E-state index < -0.39 is 5.97 Å². The Morgan fingerprint density at radius 2 is 2.50 bits per heavy atom. The molecule has 1 atom stereocenters. The number of aromatic nitrogens is 2. The third kappa shape index (κ3) is 3.25. The summed E-state index contributed by atoms with van der Waals surface area (Å²) in [7, 11) is 0. The first-order chi connectivity index (χ1) is 8.54. The second kappa shape index (κ2) is 5.43. The molecule has 1 aromatic heterocycles. The molecule has 0 aromatic carbocycles. The summed E-state index contributed by atoms with van der Waals surface area (Å²) in [6.45, 7) is 2.52. The van der Waals surface area contributed by atoms with E-state index in [9.17, 15) is 9.59 Å². The Morgan fingerprint density at radius 1 is 1.72 bits per heavy atom. The Labute approximate surface area is 109 Å². The molecule has 0 saturated carbocycles. The van der Waals surface area contributed by atoms with Crippen molar-refractivity contribution in [1.29, 1.82) is 0 Å². The number of carboxylic acids is 1. The van der Waals surface area contributed by atoms with Crippen LogP contribution in [-0.4, -0.2) is 38.3 Å². The number of nitrogens with zero attached hydrogens (tertiary/aromatic N) is 2. The first kappa shape index (κ1) is 12.9. The van der Waals surface area contributed by atoms with Crippen molar-refractivity contribution in [2.45, 2.75) is 37.5 Å². The first-order valence-electron chi connectivity index (χ1n) is 5.72. The molecule has 1 amide bonds. The summed E-state index contributed by atoms with van der Waals surface area (Å²) < 4.78 is 1.92. The maximum atomic E-state index is 11.1. The van der Waals surface area contributed by atoms with Crippen LogP contribution in [0.25, 0.3) is 0 Å². The minimum Gasteiger partial charge on any atom is -0.481 e. The minimum absolute atomic E-state index is 0.00647. The number of amides is 1. The number of imidazole rings is 1. The lowest BCUT2D eigenvalue weighted by Gasteiger charge is -2.12. The average Bonchev–Trinajstić information content (AvgIpc) is 2.83. The van der Waals surface area contributed by atoms with Crippen molar-refractivity contribution in [3.05, 3.63) is 11.9 Å². The lowest BCUT2D eigenvalue weighted by Crippen LogP contribution is -2.29. The molecule has 98 valence electrons. The second-order valence-corrected chi connectivity index (χ2v) is 5.25. The van der Waals surface area contributed by atoms with Crippen LogP contribution >= 0.6 is 11.8 Å². The standard InChI is InChI=1S/C11H15N3O3S/c1-7-4-14(5-8-2-3-9(15)13-8)11(12-7)18-6-10(16)17/h4,8H,2-3,5-6H2,1H3,(H,13,15)(H,16,17). The van der Waals surface area contributed by atoms with Crippen molar-refractivity contribution < 1.29 is 14.7 Å². The zero-order chi connectivity index (χ0) is 13.1. The van der Waals surface area contributed by atoms with Gasteiger partial charge in [-0.1, -0.05) is 11.8 Å². The van der Waals surface area contributed by atoms with Gasteiger partial charge in [0.15, 0.2) is 5.16 Å². The fourth-order valence-corrected chi connectivity index (χ4v) is 2.70. The molecule has 1 aliphatic rings. The molecule has 18 heavy (non-hydrogen) atoms. The summed E-state index contributed by atoms with van der Waals surface area (Å²) in [5.41, 5.74) is 0.854. The summed E-state index contributed by atoms with van der Waals surface area (Å²) in [5.74, 6) is -0.786. The van der Waals surface area contributed by atoms with Crippen molar-refractivity contribution in [2.24, 2.45) is 0 Å². The topological polar surface area (TPSA) is 84.2 Å². The largest absolute Gasteiger partial charge is 0.481 e. The van der Waals surface area contributed by atoms with Gasteiger partial charge in [0.1, 0.15) is 0 Å². The van der Waals surface area contributed by atoms with Crippen LogP contribution in [0.4, 0.5) is 0 Å². The Morgan fingerprint density at radius 3 is 3.11 bits per heavy atom. The van der Waals surface area contributed by atoms with Crippen LogP contribution in [0.1, 0.15) is 18.5 Å². The van der Waals surface area contributed by atoms with Crippen molar-refractivity contribution in [1.82, 2.24) is 14.9 Å². The SMILES string of the molecule is Cc1cn(CC2CCC(=O)N2)c(SCC(=O)O)n1. The summed E-state index contributed by atoms with van der Waals surface area (Å²) >= 11 is 1.20. The van der Waals surface area contributed by atoms with E-state index in [1.54, 1.807) is 0 Å². The molecule has 0 aliphatic carbocycles. The quantitative estimate of drug-likeness (QED) is 0.767. The van der Waals surface area contributed by atoms with Crippen molar-refractivity contribution in [2.75, 3.05) is 5.75 Å². The number of carbonyl (C=O) groups is 2. The van der Waals surface area contributed by atoms with Gasteiger partial charge in [-0.3, -0.25) is 9.59 Å². The van der Waals surface area contributed by atoms with Gasteiger partial charge in [-0.05, 0) is 13.3 Å². The van der Waals surface area contributed by atoms with Gasteiger partial charge >= 0.3 is 5.97 Å².